The molecule has 3 heteroatoms. The lowest BCUT2D eigenvalue weighted by Crippen LogP contribution is -3.19. The predicted octanol–water partition coefficient (Wildman–Crippen LogP) is 1.78. The molecule has 1 saturated carbocycles. The Kier molecular flexibility index (Phi) is 4.31. The normalized spacial score (nSPS) is 48.9. The summed E-state index contributed by atoms with van der Waals surface area (Å²) >= 11 is 0. The molecular formula is C19H32N2O. The van der Waals surface area contributed by atoms with Crippen LogP contribution in [0.25, 0.3) is 5.32 Å². The van der Waals surface area contributed by atoms with Crippen LogP contribution in [-0.2, 0) is 0 Å². The minimum atomic E-state index is 0.271. The summed E-state index contributed by atoms with van der Waals surface area (Å²) < 4.78 is 0. The molecule has 3 aliphatic heterocycles. The first-order valence-electron chi connectivity index (χ1n) is 9.59. The van der Waals surface area contributed by atoms with Crippen LogP contribution in [0.15, 0.2) is 12.7 Å². The van der Waals surface area contributed by atoms with Gasteiger partial charge < -0.3 is 15.3 Å². The molecule has 0 aromatic carbocycles. The molecule has 1 aliphatic carbocycles. The van der Waals surface area contributed by atoms with E-state index in [0.717, 1.165) is 17.9 Å². The zero-order valence-corrected chi connectivity index (χ0v) is 13.8. The van der Waals surface area contributed by atoms with Crippen molar-refractivity contribution in [3.05, 3.63) is 18.0 Å². The average molecular weight is 304 g/mol. The van der Waals surface area contributed by atoms with Gasteiger partial charge >= 0.3 is 0 Å². The smallest absolute Gasteiger partial charge is 0.0775 e. The van der Waals surface area contributed by atoms with E-state index >= 15 is 0 Å². The van der Waals surface area contributed by atoms with Gasteiger partial charge in [-0.25, -0.2) is 0 Å². The first kappa shape index (κ1) is 15.2. The number of nitrogens with one attached hydrogen (secondary N) is 1. The van der Waals surface area contributed by atoms with Crippen LogP contribution in [-0.4, -0.2) is 42.9 Å². The first-order chi connectivity index (χ1) is 10.8. The lowest BCUT2D eigenvalue weighted by Gasteiger charge is -2.50. The number of fused-ring (bicyclic) bond motifs is 5. The summed E-state index contributed by atoms with van der Waals surface area (Å²) in [5, 5.41) is 15.0. The molecule has 0 spiro atoms. The molecule has 124 valence electrons. The summed E-state index contributed by atoms with van der Waals surface area (Å²) in [6.07, 6.45) is 11.5. The van der Waals surface area contributed by atoms with E-state index in [-0.39, 0.29) is 6.61 Å². The van der Waals surface area contributed by atoms with Crippen molar-refractivity contribution in [1.82, 2.24) is 0 Å². The van der Waals surface area contributed by atoms with Crippen molar-refractivity contribution < 1.29 is 10.0 Å². The molecule has 0 aromatic heterocycles. The van der Waals surface area contributed by atoms with Gasteiger partial charge in [0.2, 0.25) is 0 Å². The van der Waals surface area contributed by atoms with Crippen molar-refractivity contribution in [2.45, 2.75) is 63.1 Å². The quantitative estimate of drug-likeness (QED) is 0.767. The van der Waals surface area contributed by atoms with Gasteiger partial charge in [-0.2, -0.15) is 0 Å². The fourth-order valence-electron chi connectivity index (χ4n) is 6.21. The Hall–Kier alpha value is -0.380. The van der Waals surface area contributed by atoms with Gasteiger partial charge in [-0.05, 0) is 18.3 Å². The molecule has 0 radical (unpaired) electrons. The zero-order chi connectivity index (χ0) is 15.1. The van der Waals surface area contributed by atoms with Crippen LogP contribution in [0.5, 0.6) is 0 Å². The molecule has 3 nitrogen and oxygen atoms in total. The third-order valence-electron chi connectivity index (χ3n) is 7.38. The van der Waals surface area contributed by atoms with Crippen LogP contribution in [0.4, 0.5) is 0 Å². The van der Waals surface area contributed by atoms with Gasteiger partial charge in [0, 0.05) is 25.4 Å². The van der Waals surface area contributed by atoms with Crippen molar-refractivity contribution in [3.63, 3.8) is 0 Å². The van der Waals surface area contributed by atoms with E-state index in [2.05, 4.69) is 6.58 Å². The standard InChI is InChI=1S/C19H31N2O/c1-2-13(12-22)14-7-9-21-10-8-16-15-5-3-4-6-17(15)20-19(16)18(21)11-14/h2,13-19,22H,1,3-12H2/q-1/p+1. The van der Waals surface area contributed by atoms with E-state index in [1.165, 1.54) is 58.0 Å². The number of hydrogen-bond acceptors (Lipinski definition) is 1. The van der Waals surface area contributed by atoms with Gasteiger partial charge in [-0.1, -0.05) is 43.7 Å². The average Bonchev–Trinajstić information content (AvgIpc) is 2.95. The molecule has 4 fully saturated rings. The zero-order valence-electron chi connectivity index (χ0n) is 13.8. The topological polar surface area (TPSA) is 38.8 Å². The third kappa shape index (κ3) is 2.46. The van der Waals surface area contributed by atoms with Crippen molar-refractivity contribution in [2.24, 2.45) is 23.7 Å². The van der Waals surface area contributed by atoms with Crippen LogP contribution < -0.4 is 4.90 Å². The molecule has 2 N–H and O–H groups in total. The lowest BCUT2D eigenvalue weighted by molar-refractivity contribution is -0.938. The Morgan fingerprint density at radius 3 is 2.77 bits per heavy atom. The minimum absolute atomic E-state index is 0.271. The highest BCUT2D eigenvalue weighted by atomic mass is 16.3. The Balaban J connectivity index is 1.50. The van der Waals surface area contributed by atoms with Gasteiger partial charge in [0.15, 0.2) is 0 Å². The summed E-state index contributed by atoms with van der Waals surface area (Å²) in [5.74, 6) is 2.72. The molecule has 0 aromatic rings. The maximum atomic E-state index is 9.63. The summed E-state index contributed by atoms with van der Waals surface area (Å²) in [6, 6.07) is 2.05. The predicted molar refractivity (Wildman–Crippen MR) is 89.0 cm³/mol. The van der Waals surface area contributed by atoms with Gasteiger partial charge in [0.25, 0.3) is 0 Å². The highest BCUT2D eigenvalue weighted by Crippen LogP contribution is 2.49. The molecule has 4 aliphatic rings. The largest absolute Gasteiger partial charge is 0.651 e. The van der Waals surface area contributed by atoms with Crippen molar-refractivity contribution >= 4 is 0 Å². The van der Waals surface area contributed by atoms with Gasteiger partial charge in [-0.15, -0.1) is 12.6 Å². The molecular weight excluding hydrogens is 272 g/mol. The second-order valence-electron chi connectivity index (χ2n) is 8.24. The maximum absolute atomic E-state index is 9.63. The highest BCUT2D eigenvalue weighted by molar-refractivity contribution is 5.19. The second-order valence-corrected chi connectivity index (χ2v) is 8.24. The van der Waals surface area contributed by atoms with Crippen molar-refractivity contribution in [3.8, 4) is 0 Å². The molecule has 3 heterocycles. The van der Waals surface area contributed by atoms with E-state index in [4.69, 9.17) is 5.32 Å². The summed E-state index contributed by atoms with van der Waals surface area (Å²) in [6.45, 7) is 6.87. The van der Waals surface area contributed by atoms with E-state index in [1.54, 1.807) is 0 Å². The fourth-order valence-corrected chi connectivity index (χ4v) is 6.21. The number of piperidine rings is 2. The number of rotatable bonds is 3. The van der Waals surface area contributed by atoms with E-state index < -0.39 is 0 Å². The highest BCUT2D eigenvalue weighted by Gasteiger charge is 2.47. The lowest BCUT2D eigenvalue weighted by atomic mass is 9.70. The fraction of sp³-hybridized carbons (Fsp3) is 0.895. The summed E-state index contributed by atoms with van der Waals surface area (Å²) in [7, 11) is 0. The number of aliphatic hydroxyl groups is 1. The van der Waals surface area contributed by atoms with Crippen molar-refractivity contribution in [1.29, 1.82) is 0 Å². The Morgan fingerprint density at radius 1 is 1.14 bits per heavy atom. The monoisotopic (exact) mass is 304 g/mol. The Labute approximate surface area is 135 Å². The van der Waals surface area contributed by atoms with E-state index in [1.807, 2.05) is 11.0 Å². The molecule has 8 unspecified atom stereocenters. The molecule has 4 rings (SSSR count). The summed E-state index contributed by atoms with van der Waals surface area (Å²) in [5.41, 5.74) is 0. The van der Waals surface area contributed by atoms with Crippen LogP contribution >= 0.6 is 0 Å². The van der Waals surface area contributed by atoms with Gasteiger partial charge in [-0.3, -0.25) is 0 Å². The van der Waals surface area contributed by atoms with Crippen molar-refractivity contribution in [2.75, 3.05) is 19.7 Å². The molecule has 3 saturated heterocycles. The number of hydrogen-bond donors (Lipinski definition) is 2. The van der Waals surface area contributed by atoms with Crippen LogP contribution in [0, 0.1) is 23.7 Å². The minimum Gasteiger partial charge on any atom is -0.651 e. The van der Waals surface area contributed by atoms with Crippen LogP contribution in [0.2, 0.25) is 0 Å². The van der Waals surface area contributed by atoms with Crippen LogP contribution in [0.3, 0.4) is 0 Å². The van der Waals surface area contributed by atoms with Crippen LogP contribution in [0.1, 0.15) is 44.9 Å². The summed E-state index contributed by atoms with van der Waals surface area (Å²) in [4.78, 5) is 1.82. The first-order valence-corrected chi connectivity index (χ1v) is 9.59. The maximum Gasteiger partial charge on any atom is 0.0775 e. The molecule has 0 amide bonds. The van der Waals surface area contributed by atoms with E-state index in [9.17, 15) is 5.11 Å². The third-order valence-corrected chi connectivity index (χ3v) is 7.38. The molecule has 8 atom stereocenters. The van der Waals surface area contributed by atoms with Gasteiger partial charge in [0.05, 0.1) is 19.1 Å². The second kappa shape index (κ2) is 6.26. The number of aliphatic hydroxyl groups excluding tert-OH is 1. The molecule has 22 heavy (non-hydrogen) atoms. The molecule has 0 bridgehead atoms. The number of nitrogens with zero attached hydrogens (tertiary/aromatic N) is 1. The Morgan fingerprint density at radius 2 is 1.95 bits per heavy atom. The Bertz CT molecular complexity index is 412. The SMILES string of the molecule is C=CC(CO)C1CC[NH+]2CCC3C4CCCCC4[N-]C3C2C1. The number of quaternary nitrogens is 1. The van der Waals surface area contributed by atoms with E-state index in [0.29, 0.717) is 23.9 Å². The van der Waals surface area contributed by atoms with Gasteiger partial charge in [0.1, 0.15) is 0 Å².